The summed E-state index contributed by atoms with van der Waals surface area (Å²) in [6, 6.07) is 5.40. The second-order valence-electron chi connectivity index (χ2n) is 6.95. The van der Waals surface area contributed by atoms with E-state index in [9.17, 15) is 9.90 Å². The van der Waals surface area contributed by atoms with Crippen LogP contribution in [0.3, 0.4) is 0 Å². The van der Waals surface area contributed by atoms with Crippen molar-refractivity contribution in [2.45, 2.75) is 6.42 Å². The summed E-state index contributed by atoms with van der Waals surface area (Å²) in [6.45, 7) is 0.818. The molecule has 0 radical (unpaired) electrons. The molecule has 0 saturated carbocycles. The predicted octanol–water partition coefficient (Wildman–Crippen LogP) is 0.242. The van der Waals surface area contributed by atoms with Crippen molar-refractivity contribution in [3.63, 3.8) is 0 Å². The molecule has 2 heterocycles. The predicted molar refractivity (Wildman–Crippen MR) is 111 cm³/mol. The number of methoxy groups -OCH3 is 3. The number of hydrogen-bond donors (Lipinski definition) is 1. The van der Waals surface area contributed by atoms with Crippen LogP contribution >= 0.6 is 0 Å². The van der Waals surface area contributed by atoms with Crippen LogP contribution in [-0.2, 0) is 6.42 Å². The van der Waals surface area contributed by atoms with E-state index in [0.29, 0.717) is 35.1 Å². The minimum Gasteiger partial charge on any atom is -1.00 e. The smallest absolute Gasteiger partial charge is 1.00 e. The number of hydrogen-bond acceptors (Lipinski definition) is 7. The van der Waals surface area contributed by atoms with Gasteiger partial charge in [0.05, 0.1) is 21.3 Å². The molecule has 0 aromatic heterocycles. The van der Waals surface area contributed by atoms with Gasteiger partial charge < -0.3 is 35.1 Å². The van der Waals surface area contributed by atoms with E-state index in [0.717, 1.165) is 23.2 Å². The Labute approximate surface area is 204 Å². The number of nitrogens with zero attached hydrogens (tertiary/aromatic N) is 1. The van der Waals surface area contributed by atoms with Crippen LogP contribution in [0.5, 0.6) is 28.7 Å². The average Bonchev–Trinajstić information content (AvgIpc) is 3.15. The monoisotopic (exact) mass is 437 g/mol. The fourth-order valence-electron chi connectivity index (χ4n) is 3.94. The Morgan fingerprint density at radius 3 is 2.52 bits per heavy atom. The quantitative estimate of drug-likeness (QED) is 0.666. The SMILES string of the molecule is COc1ccc(C2=Cc3c(cc4c(c3OC)OCO4)CCN2C)c(C(=O)O)c1OC.[H-].[Na+]. The molecule has 160 valence electrons. The zero-order chi connectivity index (χ0) is 21.4. The van der Waals surface area contributed by atoms with Crippen LogP contribution in [0.2, 0.25) is 0 Å². The third kappa shape index (κ3) is 3.91. The number of ether oxygens (including phenoxy) is 5. The second-order valence-corrected chi connectivity index (χ2v) is 6.95. The Balaban J connectivity index is 0.00000181. The Kier molecular flexibility index (Phi) is 6.93. The molecule has 1 N–H and O–H groups in total. The summed E-state index contributed by atoms with van der Waals surface area (Å²) in [5, 5.41) is 9.97. The zero-order valence-corrected chi connectivity index (χ0v) is 20.3. The van der Waals surface area contributed by atoms with Crippen molar-refractivity contribution in [1.82, 2.24) is 4.90 Å². The molecule has 2 aliphatic rings. The topological polar surface area (TPSA) is 86.7 Å². The van der Waals surface area contributed by atoms with Gasteiger partial charge >= 0.3 is 35.5 Å². The summed E-state index contributed by atoms with van der Waals surface area (Å²) in [5.74, 6) is 1.22. The van der Waals surface area contributed by atoms with E-state index in [-0.39, 0.29) is 49.1 Å². The van der Waals surface area contributed by atoms with Crippen LogP contribution in [-0.4, -0.2) is 57.7 Å². The van der Waals surface area contributed by atoms with Gasteiger partial charge in [-0.15, -0.1) is 0 Å². The van der Waals surface area contributed by atoms with E-state index < -0.39 is 5.97 Å². The Morgan fingerprint density at radius 2 is 1.87 bits per heavy atom. The molecule has 9 heteroatoms. The van der Waals surface area contributed by atoms with Crippen molar-refractivity contribution >= 4 is 17.7 Å². The Hall–Kier alpha value is -2.55. The van der Waals surface area contributed by atoms with Crippen molar-refractivity contribution in [2.75, 3.05) is 41.7 Å². The standard InChI is InChI=1S/C22H23NO7.Na.H/c1-23-8-7-12-9-17-21(30-11-29-17)19(27-3)14(12)10-15(23)13-5-6-16(26-2)20(28-4)18(13)22(24)25;;/h5-6,9-10H,7-8,11H2,1-4H3,(H,24,25);;/q;+1;-1. The number of aromatic carboxylic acids is 1. The molecule has 0 unspecified atom stereocenters. The molecule has 0 aliphatic carbocycles. The molecule has 4 rings (SSSR count). The van der Waals surface area contributed by atoms with Crippen LogP contribution < -0.4 is 53.2 Å². The van der Waals surface area contributed by atoms with Crippen molar-refractivity contribution in [1.29, 1.82) is 0 Å². The number of fused-ring (bicyclic) bond motifs is 2. The fraction of sp³-hybridized carbons (Fsp3) is 0.318. The van der Waals surface area contributed by atoms with Crippen LogP contribution in [0, 0.1) is 0 Å². The summed E-state index contributed by atoms with van der Waals surface area (Å²) < 4.78 is 27.5. The maximum Gasteiger partial charge on any atom is 1.00 e. The average molecular weight is 437 g/mol. The Morgan fingerprint density at radius 1 is 1.13 bits per heavy atom. The molecular formula is C22H24NNaO7. The number of benzene rings is 2. The van der Waals surface area contributed by atoms with Gasteiger partial charge in [-0.2, -0.15) is 0 Å². The van der Waals surface area contributed by atoms with Crippen LogP contribution in [0.4, 0.5) is 0 Å². The Bertz CT molecular complexity index is 1060. The van der Waals surface area contributed by atoms with Crippen molar-refractivity contribution in [2.24, 2.45) is 0 Å². The van der Waals surface area contributed by atoms with Gasteiger partial charge in [0, 0.05) is 30.4 Å². The summed E-state index contributed by atoms with van der Waals surface area (Å²) in [5.41, 5.74) is 3.17. The van der Waals surface area contributed by atoms with Gasteiger partial charge in [0.15, 0.2) is 23.0 Å². The molecule has 0 bridgehead atoms. The molecule has 2 aliphatic heterocycles. The first kappa shape index (κ1) is 23.1. The van der Waals surface area contributed by atoms with E-state index in [4.69, 9.17) is 23.7 Å². The second kappa shape index (κ2) is 9.30. The first-order chi connectivity index (χ1) is 14.5. The van der Waals surface area contributed by atoms with Crippen LogP contribution in [0.25, 0.3) is 11.8 Å². The number of likely N-dealkylation sites (N-methyl/N-ethyl adjacent to an activating group) is 1. The van der Waals surface area contributed by atoms with Gasteiger partial charge in [-0.25, -0.2) is 4.79 Å². The van der Waals surface area contributed by atoms with E-state index in [1.54, 1.807) is 19.2 Å². The molecule has 2 aromatic rings. The summed E-state index contributed by atoms with van der Waals surface area (Å²) in [4.78, 5) is 14.2. The molecule has 8 nitrogen and oxygen atoms in total. The third-order valence-corrected chi connectivity index (χ3v) is 5.39. The minimum atomic E-state index is -1.10. The number of carboxylic acids is 1. The molecule has 0 spiro atoms. The molecule has 0 amide bonds. The third-order valence-electron chi connectivity index (χ3n) is 5.39. The van der Waals surface area contributed by atoms with E-state index in [1.807, 2.05) is 24.1 Å². The summed E-state index contributed by atoms with van der Waals surface area (Å²) in [6.07, 6.45) is 2.66. The molecule has 0 fully saturated rings. The summed E-state index contributed by atoms with van der Waals surface area (Å²) >= 11 is 0. The molecule has 0 atom stereocenters. The molecular weight excluding hydrogens is 413 g/mol. The fourth-order valence-corrected chi connectivity index (χ4v) is 3.94. The van der Waals surface area contributed by atoms with Gasteiger partial charge in [0.2, 0.25) is 12.5 Å². The van der Waals surface area contributed by atoms with E-state index >= 15 is 0 Å². The normalized spacial score (nSPS) is 14.1. The molecule has 0 saturated heterocycles. The van der Waals surface area contributed by atoms with E-state index in [1.165, 1.54) is 14.2 Å². The number of carboxylic acid groups (broad SMARTS) is 1. The van der Waals surface area contributed by atoms with Gasteiger partial charge in [-0.05, 0) is 36.3 Å². The van der Waals surface area contributed by atoms with Gasteiger partial charge in [-0.3, -0.25) is 0 Å². The molecule has 31 heavy (non-hydrogen) atoms. The van der Waals surface area contributed by atoms with E-state index in [2.05, 4.69) is 0 Å². The maximum absolute atomic E-state index is 12.2. The number of carbonyl (C=O) groups is 1. The summed E-state index contributed by atoms with van der Waals surface area (Å²) in [7, 11) is 6.41. The largest absolute Gasteiger partial charge is 1.00 e. The molecule has 2 aromatic carbocycles. The van der Waals surface area contributed by atoms with Crippen LogP contribution in [0.1, 0.15) is 28.5 Å². The van der Waals surface area contributed by atoms with Crippen molar-refractivity contribution < 1.29 is 64.6 Å². The van der Waals surface area contributed by atoms with Gasteiger partial charge in [0.25, 0.3) is 0 Å². The van der Waals surface area contributed by atoms with Gasteiger partial charge in [0.1, 0.15) is 5.56 Å². The number of rotatable bonds is 5. The zero-order valence-electron chi connectivity index (χ0n) is 19.3. The maximum atomic E-state index is 12.2. The minimum absolute atomic E-state index is 0. The van der Waals surface area contributed by atoms with Crippen LogP contribution in [0.15, 0.2) is 18.2 Å². The van der Waals surface area contributed by atoms with Crippen molar-refractivity contribution in [3.05, 3.63) is 40.5 Å². The van der Waals surface area contributed by atoms with Crippen molar-refractivity contribution in [3.8, 4) is 28.7 Å². The first-order valence-electron chi connectivity index (χ1n) is 9.41. The first-order valence-corrected chi connectivity index (χ1v) is 9.41. The van der Waals surface area contributed by atoms with Gasteiger partial charge in [-0.1, -0.05) is 0 Å².